The molecular weight excluding hydrogens is 220 g/mol. The Morgan fingerprint density at radius 1 is 1.47 bits per heavy atom. The number of aromatic amines is 1. The minimum Gasteiger partial charge on any atom is -0.369 e. The second-order valence-electron chi connectivity index (χ2n) is 3.56. The number of aryl methyl sites for hydroxylation is 1. The summed E-state index contributed by atoms with van der Waals surface area (Å²) in [6.45, 7) is 4.88. The summed E-state index contributed by atoms with van der Waals surface area (Å²) in [5.41, 5.74) is -0.183. The molecule has 0 unspecified atom stereocenters. The molecule has 0 atom stereocenters. The maximum absolute atomic E-state index is 11.3. The fourth-order valence-electron chi connectivity index (χ4n) is 1.36. The van der Waals surface area contributed by atoms with Gasteiger partial charge in [0.15, 0.2) is 0 Å². The predicted octanol–water partition coefficient (Wildman–Crippen LogP) is 0.270. The van der Waals surface area contributed by atoms with Crippen molar-refractivity contribution in [2.24, 2.45) is 0 Å². The molecule has 0 aliphatic rings. The van der Waals surface area contributed by atoms with Crippen LogP contribution in [0.3, 0.4) is 0 Å². The molecule has 1 aromatic rings. The number of anilines is 1. The minimum atomic E-state index is -0.183. The Balaban J connectivity index is 2.49. The van der Waals surface area contributed by atoms with Gasteiger partial charge in [-0.3, -0.25) is 9.59 Å². The van der Waals surface area contributed by atoms with Gasteiger partial charge in [0.1, 0.15) is 11.6 Å². The molecule has 0 fully saturated rings. The van der Waals surface area contributed by atoms with Crippen LogP contribution in [0.1, 0.15) is 26.1 Å². The number of H-pyrrole nitrogens is 1. The number of nitrogens with one attached hydrogen (secondary N) is 3. The molecule has 1 heterocycles. The Kier molecular flexibility index (Phi) is 5.19. The number of aromatic nitrogens is 2. The predicted molar refractivity (Wildman–Crippen MR) is 66.0 cm³/mol. The van der Waals surface area contributed by atoms with Gasteiger partial charge in [-0.05, 0) is 6.92 Å². The molecule has 0 spiro atoms. The minimum absolute atomic E-state index is 0.0134. The molecule has 0 bridgehead atoms. The van der Waals surface area contributed by atoms with Crippen molar-refractivity contribution < 1.29 is 4.79 Å². The zero-order valence-corrected chi connectivity index (χ0v) is 10.2. The van der Waals surface area contributed by atoms with E-state index in [4.69, 9.17) is 0 Å². The summed E-state index contributed by atoms with van der Waals surface area (Å²) >= 11 is 0. The number of nitrogens with zero attached hydrogens (tertiary/aromatic N) is 1. The van der Waals surface area contributed by atoms with E-state index in [2.05, 4.69) is 20.6 Å². The van der Waals surface area contributed by atoms with E-state index in [0.29, 0.717) is 37.6 Å². The van der Waals surface area contributed by atoms with Gasteiger partial charge in [-0.2, -0.15) is 0 Å². The smallest absolute Gasteiger partial charge is 0.252 e. The highest BCUT2D eigenvalue weighted by atomic mass is 16.1. The molecule has 1 rings (SSSR count). The van der Waals surface area contributed by atoms with Gasteiger partial charge in [0.2, 0.25) is 5.91 Å². The normalized spacial score (nSPS) is 10.0. The molecule has 0 radical (unpaired) electrons. The third-order valence-corrected chi connectivity index (χ3v) is 2.16. The summed E-state index contributed by atoms with van der Waals surface area (Å²) in [6.07, 6.45) is 1.03. The lowest BCUT2D eigenvalue weighted by Crippen LogP contribution is -2.25. The van der Waals surface area contributed by atoms with Crippen LogP contribution in [-0.4, -0.2) is 29.0 Å². The van der Waals surface area contributed by atoms with Crippen LogP contribution in [0, 0.1) is 0 Å². The summed E-state index contributed by atoms with van der Waals surface area (Å²) < 4.78 is 0. The first-order chi connectivity index (χ1) is 8.15. The van der Waals surface area contributed by atoms with Crippen LogP contribution in [0.5, 0.6) is 0 Å². The summed E-state index contributed by atoms with van der Waals surface area (Å²) in [7, 11) is 0. The Labute approximate surface area is 99.8 Å². The highest BCUT2D eigenvalue weighted by molar-refractivity contribution is 5.76. The molecule has 3 N–H and O–H groups in total. The molecule has 0 saturated heterocycles. The third kappa shape index (κ3) is 4.67. The monoisotopic (exact) mass is 238 g/mol. The lowest BCUT2D eigenvalue weighted by atomic mass is 10.4. The van der Waals surface area contributed by atoms with Crippen LogP contribution < -0.4 is 16.2 Å². The molecular formula is C11H18N4O2. The highest BCUT2D eigenvalue weighted by Crippen LogP contribution is 1.99. The van der Waals surface area contributed by atoms with Crippen LogP contribution in [0.15, 0.2) is 10.9 Å². The van der Waals surface area contributed by atoms with E-state index >= 15 is 0 Å². The molecule has 0 saturated carbocycles. The van der Waals surface area contributed by atoms with E-state index in [9.17, 15) is 9.59 Å². The summed E-state index contributed by atoms with van der Waals surface area (Å²) in [5, 5.41) is 5.66. The molecule has 0 aliphatic carbocycles. The fourth-order valence-corrected chi connectivity index (χ4v) is 1.36. The molecule has 0 aromatic carbocycles. The van der Waals surface area contributed by atoms with Crippen LogP contribution in [0.25, 0.3) is 0 Å². The van der Waals surface area contributed by atoms with E-state index in [1.54, 1.807) is 0 Å². The SMILES string of the molecule is CCNC(=O)CCNc1cc(=O)[nH]c(CC)n1. The average molecular weight is 238 g/mol. The van der Waals surface area contributed by atoms with Crippen molar-refractivity contribution in [3.8, 4) is 0 Å². The maximum Gasteiger partial charge on any atom is 0.252 e. The number of carbonyl (C=O) groups excluding carboxylic acids is 1. The van der Waals surface area contributed by atoms with E-state index in [0.717, 1.165) is 0 Å². The van der Waals surface area contributed by atoms with Crippen molar-refractivity contribution in [1.29, 1.82) is 0 Å². The van der Waals surface area contributed by atoms with Gasteiger partial charge in [-0.25, -0.2) is 4.98 Å². The number of rotatable bonds is 6. The zero-order chi connectivity index (χ0) is 12.7. The number of amides is 1. The van der Waals surface area contributed by atoms with E-state index in [1.807, 2.05) is 13.8 Å². The van der Waals surface area contributed by atoms with Gasteiger partial charge in [0, 0.05) is 32.0 Å². The molecule has 1 amide bonds. The van der Waals surface area contributed by atoms with Gasteiger partial charge < -0.3 is 15.6 Å². The van der Waals surface area contributed by atoms with Gasteiger partial charge in [-0.1, -0.05) is 6.92 Å². The van der Waals surface area contributed by atoms with Crippen LogP contribution >= 0.6 is 0 Å². The lowest BCUT2D eigenvalue weighted by molar-refractivity contribution is -0.120. The topological polar surface area (TPSA) is 86.9 Å². The van der Waals surface area contributed by atoms with E-state index in [-0.39, 0.29) is 11.5 Å². The quantitative estimate of drug-likeness (QED) is 0.664. The summed E-state index contributed by atoms with van der Waals surface area (Å²) in [5.74, 6) is 1.13. The first-order valence-electron chi connectivity index (χ1n) is 5.76. The maximum atomic E-state index is 11.3. The zero-order valence-electron chi connectivity index (χ0n) is 10.2. The van der Waals surface area contributed by atoms with E-state index in [1.165, 1.54) is 6.07 Å². The molecule has 94 valence electrons. The number of carbonyl (C=O) groups is 1. The fraction of sp³-hybridized carbons (Fsp3) is 0.545. The second kappa shape index (κ2) is 6.67. The van der Waals surface area contributed by atoms with Crippen molar-refractivity contribution >= 4 is 11.7 Å². The molecule has 17 heavy (non-hydrogen) atoms. The van der Waals surface area contributed by atoms with Crippen molar-refractivity contribution in [1.82, 2.24) is 15.3 Å². The summed E-state index contributed by atoms with van der Waals surface area (Å²) in [4.78, 5) is 29.3. The van der Waals surface area contributed by atoms with Crippen LogP contribution in [0.4, 0.5) is 5.82 Å². The Hall–Kier alpha value is -1.85. The Morgan fingerprint density at radius 3 is 2.88 bits per heavy atom. The van der Waals surface area contributed by atoms with E-state index < -0.39 is 0 Å². The van der Waals surface area contributed by atoms with Crippen molar-refractivity contribution in [2.45, 2.75) is 26.7 Å². The molecule has 0 aliphatic heterocycles. The van der Waals surface area contributed by atoms with Crippen molar-refractivity contribution in [2.75, 3.05) is 18.4 Å². The molecule has 6 heteroatoms. The second-order valence-corrected chi connectivity index (χ2v) is 3.56. The van der Waals surface area contributed by atoms with Crippen molar-refractivity contribution in [3.05, 3.63) is 22.2 Å². The molecule has 1 aromatic heterocycles. The largest absolute Gasteiger partial charge is 0.369 e. The standard InChI is InChI=1S/C11H18N4O2/c1-3-8-14-9(7-11(17)15-8)13-6-5-10(16)12-4-2/h7H,3-6H2,1-2H3,(H,12,16)(H2,13,14,15,17). The van der Waals surface area contributed by atoms with Crippen molar-refractivity contribution in [3.63, 3.8) is 0 Å². The molecule has 6 nitrogen and oxygen atoms in total. The third-order valence-electron chi connectivity index (χ3n) is 2.16. The Morgan fingerprint density at radius 2 is 2.24 bits per heavy atom. The lowest BCUT2D eigenvalue weighted by Gasteiger charge is -2.06. The first kappa shape index (κ1) is 13.2. The summed E-state index contributed by atoms with van der Waals surface area (Å²) in [6, 6.07) is 1.39. The van der Waals surface area contributed by atoms with Crippen LogP contribution in [-0.2, 0) is 11.2 Å². The van der Waals surface area contributed by atoms with Gasteiger partial charge >= 0.3 is 0 Å². The highest BCUT2D eigenvalue weighted by Gasteiger charge is 2.01. The first-order valence-corrected chi connectivity index (χ1v) is 5.76. The average Bonchev–Trinajstić information content (AvgIpc) is 2.28. The number of hydrogen-bond acceptors (Lipinski definition) is 4. The number of hydrogen-bond donors (Lipinski definition) is 3. The van der Waals surface area contributed by atoms with Gasteiger partial charge in [0.05, 0.1) is 0 Å². The van der Waals surface area contributed by atoms with Crippen LogP contribution in [0.2, 0.25) is 0 Å². The Bertz CT molecular complexity index is 428. The van der Waals surface area contributed by atoms with Gasteiger partial charge in [0.25, 0.3) is 5.56 Å². The van der Waals surface area contributed by atoms with Gasteiger partial charge in [-0.15, -0.1) is 0 Å².